The molecule has 0 aromatic carbocycles. The van der Waals surface area contributed by atoms with Crippen molar-refractivity contribution in [1.82, 2.24) is 5.32 Å². The number of ether oxygens (including phenoxy) is 1. The zero-order chi connectivity index (χ0) is 12.5. The lowest BCUT2D eigenvalue weighted by Gasteiger charge is -2.25. The van der Waals surface area contributed by atoms with E-state index in [0.717, 1.165) is 11.5 Å². The quantitative estimate of drug-likeness (QED) is 0.807. The second-order valence-electron chi connectivity index (χ2n) is 4.73. The number of hydrogen-bond acceptors (Lipinski definition) is 4. The molecule has 1 aliphatic heterocycles. The number of nitrogens with one attached hydrogen (secondary N) is 1. The van der Waals surface area contributed by atoms with E-state index < -0.39 is 5.41 Å². The third-order valence-electron chi connectivity index (χ3n) is 3.26. The third kappa shape index (κ3) is 2.35. The molecule has 1 saturated heterocycles. The largest absolute Gasteiger partial charge is 0.465 e. The van der Waals surface area contributed by atoms with Crippen molar-refractivity contribution in [2.75, 3.05) is 13.2 Å². The van der Waals surface area contributed by atoms with Crippen LogP contribution in [0, 0.1) is 12.3 Å². The summed E-state index contributed by atoms with van der Waals surface area (Å²) in [7, 11) is 0. The van der Waals surface area contributed by atoms with Crippen LogP contribution in [0.4, 0.5) is 0 Å². The van der Waals surface area contributed by atoms with Gasteiger partial charge >= 0.3 is 0 Å². The Morgan fingerprint density at radius 3 is 2.94 bits per heavy atom. The zero-order valence-electron chi connectivity index (χ0n) is 10.2. The van der Waals surface area contributed by atoms with Gasteiger partial charge < -0.3 is 20.2 Å². The molecule has 1 amide bonds. The highest BCUT2D eigenvalue weighted by molar-refractivity contribution is 5.83. The van der Waals surface area contributed by atoms with E-state index >= 15 is 0 Å². The average molecular weight is 238 g/mol. The molecule has 1 aromatic rings. The summed E-state index contributed by atoms with van der Waals surface area (Å²) >= 11 is 0. The van der Waals surface area contributed by atoms with Gasteiger partial charge in [0, 0.05) is 6.04 Å². The van der Waals surface area contributed by atoms with E-state index in [9.17, 15) is 4.79 Å². The Balaban J connectivity index is 1.93. The summed E-state index contributed by atoms with van der Waals surface area (Å²) in [6.45, 7) is 4.89. The van der Waals surface area contributed by atoms with E-state index in [1.165, 1.54) is 0 Å². The summed E-state index contributed by atoms with van der Waals surface area (Å²) in [5, 5.41) is 2.83. The predicted octanol–water partition coefficient (Wildman–Crippen LogP) is 0.568. The number of amides is 1. The highest BCUT2D eigenvalue weighted by Gasteiger charge is 2.44. The van der Waals surface area contributed by atoms with Crippen LogP contribution in [0.3, 0.4) is 0 Å². The highest BCUT2D eigenvalue weighted by Crippen LogP contribution is 2.27. The molecule has 5 heteroatoms. The number of hydrogen-bond donors (Lipinski definition) is 2. The maximum absolute atomic E-state index is 12.0. The second kappa shape index (κ2) is 4.50. The van der Waals surface area contributed by atoms with Gasteiger partial charge in [-0.3, -0.25) is 4.79 Å². The summed E-state index contributed by atoms with van der Waals surface area (Å²) in [5.74, 6) is 1.49. The van der Waals surface area contributed by atoms with Crippen LogP contribution in [0.2, 0.25) is 0 Å². The molecule has 2 unspecified atom stereocenters. The molecule has 5 nitrogen and oxygen atoms in total. The molecule has 1 fully saturated rings. The smallest absolute Gasteiger partial charge is 0.230 e. The molecule has 0 saturated carbocycles. The van der Waals surface area contributed by atoms with Gasteiger partial charge in [-0.1, -0.05) is 0 Å². The van der Waals surface area contributed by atoms with Crippen LogP contribution in [0.1, 0.15) is 18.4 Å². The maximum Gasteiger partial charge on any atom is 0.230 e. The van der Waals surface area contributed by atoms with Gasteiger partial charge in [0.1, 0.15) is 11.5 Å². The summed E-state index contributed by atoms with van der Waals surface area (Å²) in [5.41, 5.74) is 5.24. The molecule has 1 aliphatic rings. The SMILES string of the molecule is Cc1ccc(CNC(=O)C2(C)COCC2N)o1. The van der Waals surface area contributed by atoms with Gasteiger partial charge in [-0.05, 0) is 26.0 Å². The number of carbonyl (C=O) groups excluding carboxylic acids is 1. The number of carbonyl (C=O) groups is 1. The molecule has 0 radical (unpaired) electrons. The van der Waals surface area contributed by atoms with E-state index in [2.05, 4.69) is 5.32 Å². The Morgan fingerprint density at radius 2 is 2.41 bits per heavy atom. The number of nitrogens with two attached hydrogens (primary N) is 1. The minimum Gasteiger partial charge on any atom is -0.465 e. The lowest BCUT2D eigenvalue weighted by atomic mass is 9.85. The van der Waals surface area contributed by atoms with Crippen molar-refractivity contribution < 1.29 is 13.9 Å². The molecule has 94 valence electrons. The van der Waals surface area contributed by atoms with Gasteiger partial charge in [0.2, 0.25) is 5.91 Å². The van der Waals surface area contributed by atoms with Crippen LogP contribution in [-0.4, -0.2) is 25.2 Å². The van der Waals surface area contributed by atoms with E-state index in [4.69, 9.17) is 14.9 Å². The van der Waals surface area contributed by atoms with Crippen LogP contribution >= 0.6 is 0 Å². The van der Waals surface area contributed by atoms with E-state index in [1.807, 2.05) is 26.0 Å². The third-order valence-corrected chi connectivity index (χ3v) is 3.26. The number of furan rings is 1. The fraction of sp³-hybridized carbons (Fsp3) is 0.583. The van der Waals surface area contributed by atoms with Gasteiger partial charge in [0.05, 0.1) is 25.2 Å². The van der Waals surface area contributed by atoms with Crippen molar-refractivity contribution >= 4 is 5.91 Å². The van der Waals surface area contributed by atoms with Crippen LogP contribution in [-0.2, 0) is 16.1 Å². The van der Waals surface area contributed by atoms with Crippen LogP contribution < -0.4 is 11.1 Å². The first-order valence-corrected chi connectivity index (χ1v) is 5.69. The number of aryl methyl sites for hydroxylation is 1. The molecule has 3 N–H and O–H groups in total. The van der Waals surface area contributed by atoms with Crippen molar-refractivity contribution in [1.29, 1.82) is 0 Å². The summed E-state index contributed by atoms with van der Waals surface area (Å²) < 4.78 is 10.6. The first-order chi connectivity index (χ1) is 8.02. The minimum absolute atomic E-state index is 0.0865. The van der Waals surface area contributed by atoms with Gasteiger partial charge in [-0.2, -0.15) is 0 Å². The fourth-order valence-corrected chi connectivity index (χ4v) is 1.87. The molecular formula is C12H18N2O3. The summed E-state index contributed by atoms with van der Waals surface area (Å²) in [6.07, 6.45) is 0. The van der Waals surface area contributed by atoms with Gasteiger partial charge in [0.15, 0.2) is 0 Å². The van der Waals surface area contributed by atoms with Crippen LogP contribution in [0.15, 0.2) is 16.5 Å². The molecular weight excluding hydrogens is 220 g/mol. The maximum atomic E-state index is 12.0. The van der Waals surface area contributed by atoms with E-state index in [1.54, 1.807) is 0 Å². The van der Waals surface area contributed by atoms with Crippen molar-refractivity contribution in [3.05, 3.63) is 23.7 Å². The van der Waals surface area contributed by atoms with Crippen molar-refractivity contribution in [3.8, 4) is 0 Å². The average Bonchev–Trinajstić information content (AvgIpc) is 2.84. The molecule has 0 aliphatic carbocycles. The van der Waals surface area contributed by atoms with Crippen molar-refractivity contribution in [2.24, 2.45) is 11.1 Å². The molecule has 0 bridgehead atoms. The first kappa shape index (κ1) is 12.1. The minimum atomic E-state index is -0.637. The van der Waals surface area contributed by atoms with Gasteiger partial charge in [-0.25, -0.2) is 0 Å². The summed E-state index contributed by atoms with van der Waals surface area (Å²) in [4.78, 5) is 12.0. The second-order valence-corrected chi connectivity index (χ2v) is 4.73. The molecule has 1 aromatic heterocycles. The van der Waals surface area contributed by atoms with Crippen LogP contribution in [0.5, 0.6) is 0 Å². The van der Waals surface area contributed by atoms with Crippen molar-refractivity contribution in [2.45, 2.75) is 26.4 Å². The van der Waals surface area contributed by atoms with E-state index in [0.29, 0.717) is 19.8 Å². The fourth-order valence-electron chi connectivity index (χ4n) is 1.87. The Hall–Kier alpha value is -1.33. The monoisotopic (exact) mass is 238 g/mol. The Morgan fingerprint density at radius 1 is 1.65 bits per heavy atom. The molecule has 2 heterocycles. The molecule has 0 spiro atoms. The Bertz CT molecular complexity index is 416. The molecule has 17 heavy (non-hydrogen) atoms. The first-order valence-electron chi connectivity index (χ1n) is 5.69. The number of rotatable bonds is 3. The standard InChI is InChI=1S/C12H18N2O3/c1-8-3-4-9(17-8)5-14-11(15)12(2)7-16-6-10(12)13/h3-4,10H,5-7,13H2,1-2H3,(H,14,15). The topological polar surface area (TPSA) is 77.5 Å². The molecule has 2 atom stereocenters. The zero-order valence-corrected chi connectivity index (χ0v) is 10.2. The predicted molar refractivity (Wildman–Crippen MR) is 62.2 cm³/mol. The lowest BCUT2D eigenvalue weighted by Crippen LogP contribution is -2.49. The Labute approximate surface area is 100 Å². The summed E-state index contributed by atoms with van der Waals surface area (Å²) in [6, 6.07) is 3.47. The lowest BCUT2D eigenvalue weighted by molar-refractivity contribution is -0.130. The van der Waals surface area contributed by atoms with E-state index in [-0.39, 0.29) is 11.9 Å². The highest BCUT2D eigenvalue weighted by atomic mass is 16.5. The molecule has 2 rings (SSSR count). The van der Waals surface area contributed by atoms with Gasteiger partial charge in [-0.15, -0.1) is 0 Å². The normalized spacial score (nSPS) is 28.3. The van der Waals surface area contributed by atoms with Gasteiger partial charge in [0.25, 0.3) is 0 Å². The van der Waals surface area contributed by atoms with Crippen LogP contribution in [0.25, 0.3) is 0 Å². The Kier molecular flexibility index (Phi) is 3.22. The van der Waals surface area contributed by atoms with Crippen molar-refractivity contribution in [3.63, 3.8) is 0 Å².